The van der Waals surface area contributed by atoms with E-state index in [0.29, 0.717) is 12.1 Å². The quantitative estimate of drug-likeness (QED) is 0.732. The summed E-state index contributed by atoms with van der Waals surface area (Å²) in [5, 5.41) is 0. The van der Waals surface area contributed by atoms with Crippen molar-refractivity contribution in [1.82, 2.24) is 4.90 Å². The zero-order valence-corrected chi connectivity index (χ0v) is 8.95. The van der Waals surface area contributed by atoms with Crippen LogP contribution in [0.5, 0.6) is 0 Å². The van der Waals surface area contributed by atoms with Gasteiger partial charge in [0.1, 0.15) is 0 Å². The lowest BCUT2D eigenvalue weighted by Gasteiger charge is -2.16. The van der Waals surface area contributed by atoms with Crippen LogP contribution in [0.3, 0.4) is 0 Å². The van der Waals surface area contributed by atoms with Crippen molar-refractivity contribution in [2.75, 3.05) is 26.2 Å². The molecule has 2 heterocycles. The van der Waals surface area contributed by atoms with E-state index in [0.717, 1.165) is 13.2 Å². The summed E-state index contributed by atoms with van der Waals surface area (Å²) in [6.45, 7) is 4.50. The van der Waals surface area contributed by atoms with Crippen LogP contribution in [-0.4, -0.2) is 43.3 Å². The second-order valence-corrected chi connectivity index (χ2v) is 4.63. The highest BCUT2D eigenvalue weighted by molar-refractivity contribution is 4.78. The van der Waals surface area contributed by atoms with E-state index in [4.69, 9.17) is 10.5 Å². The van der Waals surface area contributed by atoms with Gasteiger partial charge in [-0.1, -0.05) is 0 Å². The Morgan fingerprint density at radius 3 is 2.93 bits per heavy atom. The molecule has 0 aromatic rings. The van der Waals surface area contributed by atoms with Gasteiger partial charge < -0.3 is 15.4 Å². The summed E-state index contributed by atoms with van der Waals surface area (Å²) in [5.74, 6) is 0. The van der Waals surface area contributed by atoms with E-state index in [1.54, 1.807) is 0 Å². The molecule has 2 saturated heterocycles. The maximum absolute atomic E-state index is 5.85. The molecule has 2 N–H and O–H groups in total. The van der Waals surface area contributed by atoms with E-state index >= 15 is 0 Å². The molecule has 1 unspecified atom stereocenters. The van der Waals surface area contributed by atoms with Crippen LogP contribution in [-0.2, 0) is 4.74 Å². The summed E-state index contributed by atoms with van der Waals surface area (Å²) in [6, 6.07) is 0.428. The van der Waals surface area contributed by atoms with Crippen LogP contribution in [0.4, 0.5) is 0 Å². The van der Waals surface area contributed by atoms with Gasteiger partial charge in [0.25, 0.3) is 0 Å². The van der Waals surface area contributed by atoms with Gasteiger partial charge in [-0.2, -0.15) is 0 Å². The lowest BCUT2D eigenvalue weighted by atomic mass is 10.1. The largest absolute Gasteiger partial charge is 0.378 e. The molecule has 0 bridgehead atoms. The molecule has 0 aromatic heterocycles. The van der Waals surface area contributed by atoms with E-state index in [9.17, 15) is 0 Å². The average Bonchev–Trinajstić information content (AvgIpc) is 2.77. The minimum Gasteiger partial charge on any atom is -0.378 e. The predicted molar refractivity (Wildman–Crippen MR) is 57.2 cm³/mol. The Labute approximate surface area is 86.6 Å². The lowest BCUT2D eigenvalue weighted by Crippen LogP contribution is -2.27. The van der Waals surface area contributed by atoms with Gasteiger partial charge in [0, 0.05) is 19.2 Å². The molecule has 3 nitrogen and oxygen atoms in total. The van der Waals surface area contributed by atoms with Gasteiger partial charge in [-0.25, -0.2) is 0 Å². The number of nitrogens with zero attached hydrogens (tertiary/aromatic N) is 1. The van der Waals surface area contributed by atoms with Gasteiger partial charge in [0.05, 0.1) is 6.10 Å². The number of rotatable bonds is 4. The van der Waals surface area contributed by atoms with Gasteiger partial charge in [-0.3, -0.25) is 0 Å². The van der Waals surface area contributed by atoms with Crippen LogP contribution in [0, 0.1) is 0 Å². The second-order valence-electron chi connectivity index (χ2n) is 4.63. The highest BCUT2D eigenvalue weighted by Gasteiger charge is 2.19. The van der Waals surface area contributed by atoms with Crippen molar-refractivity contribution in [1.29, 1.82) is 0 Å². The van der Waals surface area contributed by atoms with Crippen LogP contribution >= 0.6 is 0 Å². The smallest absolute Gasteiger partial charge is 0.0576 e. The first-order chi connectivity index (χ1) is 6.84. The molecule has 2 fully saturated rings. The highest BCUT2D eigenvalue weighted by atomic mass is 16.5. The molecule has 2 aliphatic rings. The maximum atomic E-state index is 5.85. The summed E-state index contributed by atoms with van der Waals surface area (Å²) >= 11 is 0. The van der Waals surface area contributed by atoms with Gasteiger partial charge in [-0.15, -0.1) is 0 Å². The van der Waals surface area contributed by atoms with Crippen LogP contribution in [0.25, 0.3) is 0 Å². The third-order valence-corrected chi connectivity index (χ3v) is 3.33. The summed E-state index contributed by atoms with van der Waals surface area (Å²) < 4.78 is 5.60. The molecule has 0 radical (unpaired) electrons. The number of likely N-dealkylation sites (tertiary alicyclic amines) is 1. The first kappa shape index (κ1) is 10.4. The third-order valence-electron chi connectivity index (χ3n) is 3.33. The zero-order chi connectivity index (χ0) is 9.80. The van der Waals surface area contributed by atoms with E-state index in [-0.39, 0.29) is 0 Å². The van der Waals surface area contributed by atoms with Gasteiger partial charge in [0.2, 0.25) is 0 Å². The molecule has 0 spiro atoms. The van der Waals surface area contributed by atoms with E-state index < -0.39 is 0 Å². The minimum atomic E-state index is 0.428. The molecule has 2 aliphatic heterocycles. The van der Waals surface area contributed by atoms with Crippen LogP contribution in [0.2, 0.25) is 0 Å². The standard InChI is InChI=1S/C11H22N2O/c12-10-5-7-13(9-10)6-1-3-11-4-2-8-14-11/h10-11H,1-9,12H2/t10-,11?/m1/s1. The van der Waals surface area contributed by atoms with Gasteiger partial charge in [0.15, 0.2) is 0 Å². The Morgan fingerprint density at radius 2 is 2.29 bits per heavy atom. The predicted octanol–water partition coefficient (Wildman–Crippen LogP) is 0.979. The summed E-state index contributed by atoms with van der Waals surface area (Å²) in [4.78, 5) is 2.49. The van der Waals surface area contributed by atoms with E-state index in [1.807, 2.05) is 0 Å². The Hall–Kier alpha value is -0.120. The van der Waals surface area contributed by atoms with Crippen molar-refractivity contribution >= 4 is 0 Å². The fraction of sp³-hybridized carbons (Fsp3) is 1.00. The normalized spacial score (nSPS) is 34.1. The highest BCUT2D eigenvalue weighted by Crippen LogP contribution is 2.17. The van der Waals surface area contributed by atoms with Crippen molar-refractivity contribution in [3.63, 3.8) is 0 Å². The molecule has 82 valence electrons. The summed E-state index contributed by atoms with van der Waals surface area (Å²) in [7, 11) is 0. The fourth-order valence-corrected chi connectivity index (χ4v) is 2.48. The molecule has 0 amide bonds. The Bertz CT molecular complexity index is 169. The van der Waals surface area contributed by atoms with Gasteiger partial charge >= 0.3 is 0 Å². The summed E-state index contributed by atoms with van der Waals surface area (Å²) in [6.07, 6.45) is 6.80. The van der Waals surface area contributed by atoms with E-state index in [2.05, 4.69) is 4.90 Å². The topological polar surface area (TPSA) is 38.5 Å². The molecule has 0 aliphatic carbocycles. The third kappa shape index (κ3) is 2.94. The number of nitrogens with two attached hydrogens (primary N) is 1. The number of hydrogen-bond acceptors (Lipinski definition) is 3. The molecule has 14 heavy (non-hydrogen) atoms. The molecule has 3 heteroatoms. The molecule has 0 saturated carbocycles. The molecule has 0 aromatic carbocycles. The number of ether oxygens (including phenoxy) is 1. The van der Waals surface area contributed by atoms with Gasteiger partial charge in [-0.05, 0) is 45.2 Å². The van der Waals surface area contributed by atoms with E-state index in [1.165, 1.54) is 45.2 Å². The lowest BCUT2D eigenvalue weighted by molar-refractivity contribution is 0.0996. The van der Waals surface area contributed by atoms with Crippen LogP contribution < -0.4 is 5.73 Å². The SMILES string of the molecule is N[C@@H]1CCN(CCCC2CCCO2)C1. The fourth-order valence-electron chi connectivity index (χ4n) is 2.48. The number of hydrogen-bond donors (Lipinski definition) is 1. The van der Waals surface area contributed by atoms with Crippen molar-refractivity contribution in [3.8, 4) is 0 Å². The zero-order valence-electron chi connectivity index (χ0n) is 8.95. The first-order valence-electron chi connectivity index (χ1n) is 5.94. The average molecular weight is 198 g/mol. The Morgan fingerprint density at radius 1 is 1.36 bits per heavy atom. The Kier molecular flexibility index (Phi) is 3.79. The second kappa shape index (κ2) is 5.10. The van der Waals surface area contributed by atoms with Crippen molar-refractivity contribution in [2.24, 2.45) is 5.73 Å². The monoisotopic (exact) mass is 198 g/mol. The molecular formula is C11H22N2O. The van der Waals surface area contributed by atoms with Crippen LogP contribution in [0.1, 0.15) is 32.1 Å². The Balaban J connectivity index is 1.54. The minimum absolute atomic E-state index is 0.428. The molecule has 2 rings (SSSR count). The molecule has 2 atom stereocenters. The summed E-state index contributed by atoms with van der Waals surface area (Å²) in [5.41, 5.74) is 5.85. The maximum Gasteiger partial charge on any atom is 0.0576 e. The first-order valence-corrected chi connectivity index (χ1v) is 5.94. The van der Waals surface area contributed by atoms with Crippen molar-refractivity contribution in [3.05, 3.63) is 0 Å². The van der Waals surface area contributed by atoms with Crippen LogP contribution in [0.15, 0.2) is 0 Å². The van der Waals surface area contributed by atoms with Crippen molar-refractivity contribution < 1.29 is 4.74 Å². The molecular weight excluding hydrogens is 176 g/mol. The van der Waals surface area contributed by atoms with Crippen molar-refractivity contribution in [2.45, 2.75) is 44.2 Å².